The summed E-state index contributed by atoms with van der Waals surface area (Å²) in [6, 6.07) is 1.81. The first-order valence-electron chi connectivity index (χ1n) is 5.59. The topological polar surface area (TPSA) is 63.8 Å². The molecule has 0 aromatic carbocycles. The number of nitrogens with zero attached hydrogens (tertiary/aromatic N) is 2. The molecule has 3 N–H and O–H groups in total. The van der Waals surface area contributed by atoms with Crippen LogP contribution in [-0.2, 0) is 0 Å². The Bertz CT molecular complexity index is 567. The van der Waals surface area contributed by atoms with Crippen molar-refractivity contribution < 1.29 is 0 Å². The third kappa shape index (κ3) is 2.73. The zero-order valence-corrected chi connectivity index (χ0v) is 12.1. The summed E-state index contributed by atoms with van der Waals surface area (Å²) in [5, 5.41) is 4.88. The van der Waals surface area contributed by atoms with Crippen LogP contribution in [0, 0.1) is 13.8 Å². The number of hydrogen-bond acceptors (Lipinski definition) is 5. The van der Waals surface area contributed by atoms with Crippen molar-refractivity contribution in [2.24, 2.45) is 0 Å². The smallest absolute Gasteiger partial charge is 0.149 e. The Morgan fingerprint density at radius 2 is 2.17 bits per heavy atom. The summed E-state index contributed by atoms with van der Waals surface area (Å²) >= 11 is 7.50. The molecule has 2 heterocycles. The predicted molar refractivity (Wildman–Crippen MR) is 77.3 cm³/mol. The first-order chi connectivity index (χ1) is 8.47. The molecule has 0 saturated carbocycles. The van der Waals surface area contributed by atoms with Crippen LogP contribution in [-0.4, -0.2) is 9.97 Å². The third-order valence-electron chi connectivity index (χ3n) is 2.57. The van der Waals surface area contributed by atoms with Crippen LogP contribution in [0.15, 0.2) is 12.3 Å². The van der Waals surface area contributed by atoms with Gasteiger partial charge in [-0.25, -0.2) is 9.97 Å². The first kappa shape index (κ1) is 13.1. The van der Waals surface area contributed by atoms with E-state index in [1.807, 2.05) is 13.8 Å². The molecule has 0 aliphatic carbocycles. The summed E-state index contributed by atoms with van der Waals surface area (Å²) in [4.78, 5) is 9.81. The Morgan fingerprint density at radius 1 is 1.44 bits per heavy atom. The number of nitrogens with one attached hydrogen (secondary N) is 1. The molecule has 96 valence electrons. The van der Waals surface area contributed by atoms with Gasteiger partial charge in [-0.2, -0.15) is 0 Å². The van der Waals surface area contributed by atoms with Crippen molar-refractivity contribution in [1.29, 1.82) is 0 Å². The molecule has 0 fully saturated rings. The maximum absolute atomic E-state index is 5.87. The van der Waals surface area contributed by atoms with E-state index >= 15 is 0 Å². The van der Waals surface area contributed by atoms with Crippen LogP contribution in [0.1, 0.15) is 28.5 Å². The number of nitrogens with two attached hydrogens (primary N) is 1. The van der Waals surface area contributed by atoms with Gasteiger partial charge in [-0.1, -0.05) is 11.6 Å². The molecule has 18 heavy (non-hydrogen) atoms. The number of aryl methyl sites for hydroxylation is 2. The molecular weight excluding hydrogens is 268 g/mol. The second-order valence-electron chi connectivity index (χ2n) is 4.14. The van der Waals surface area contributed by atoms with E-state index < -0.39 is 0 Å². The van der Waals surface area contributed by atoms with Gasteiger partial charge in [0, 0.05) is 11.1 Å². The molecule has 0 saturated heterocycles. The number of thiazole rings is 1. The molecule has 2 rings (SSSR count). The van der Waals surface area contributed by atoms with Crippen molar-refractivity contribution in [2.45, 2.75) is 26.8 Å². The van der Waals surface area contributed by atoms with E-state index in [0.29, 0.717) is 16.5 Å². The van der Waals surface area contributed by atoms with E-state index in [-0.39, 0.29) is 6.04 Å². The second-order valence-corrected chi connectivity index (χ2v) is 5.81. The standard InChI is InChI=1S/C12H15ClN4S/c1-6-11(18-8(3)16-6)7(2)17-12-10(14)4-9(13)5-15-12/h4-5,7H,14H2,1-3H3,(H,15,17). The summed E-state index contributed by atoms with van der Waals surface area (Å²) in [6.07, 6.45) is 1.58. The summed E-state index contributed by atoms with van der Waals surface area (Å²) in [5.41, 5.74) is 7.46. The van der Waals surface area contributed by atoms with Crippen LogP contribution >= 0.6 is 22.9 Å². The predicted octanol–water partition coefficient (Wildman–Crippen LogP) is 3.56. The lowest BCUT2D eigenvalue weighted by Crippen LogP contribution is -2.09. The number of rotatable bonds is 3. The summed E-state index contributed by atoms with van der Waals surface area (Å²) in [6.45, 7) is 6.08. The summed E-state index contributed by atoms with van der Waals surface area (Å²) in [7, 11) is 0. The van der Waals surface area contributed by atoms with Gasteiger partial charge in [-0.05, 0) is 26.8 Å². The molecule has 2 aromatic heterocycles. The van der Waals surface area contributed by atoms with Crippen molar-refractivity contribution in [3.63, 3.8) is 0 Å². The Labute approximate surface area is 115 Å². The van der Waals surface area contributed by atoms with E-state index in [4.69, 9.17) is 17.3 Å². The number of nitrogen functional groups attached to an aromatic ring is 1. The molecule has 0 amide bonds. The fourth-order valence-corrected chi connectivity index (χ4v) is 2.89. The number of halogens is 1. The average molecular weight is 283 g/mol. The quantitative estimate of drug-likeness (QED) is 0.903. The molecule has 6 heteroatoms. The highest BCUT2D eigenvalue weighted by Gasteiger charge is 2.14. The van der Waals surface area contributed by atoms with Gasteiger partial charge in [-0.3, -0.25) is 0 Å². The van der Waals surface area contributed by atoms with E-state index in [1.54, 1.807) is 23.6 Å². The van der Waals surface area contributed by atoms with Crippen LogP contribution < -0.4 is 11.1 Å². The fourth-order valence-electron chi connectivity index (χ4n) is 1.79. The van der Waals surface area contributed by atoms with Crippen LogP contribution in [0.3, 0.4) is 0 Å². The zero-order chi connectivity index (χ0) is 13.3. The molecule has 0 aliphatic heterocycles. The number of aromatic nitrogens is 2. The van der Waals surface area contributed by atoms with Gasteiger partial charge in [0.25, 0.3) is 0 Å². The highest BCUT2D eigenvalue weighted by molar-refractivity contribution is 7.11. The minimum Gasteiger partial charge on any atom is -0.396 e. The molecule has 1 unspecified atom stereocenters. The molecule has 4 nitrogen and oxygen atoms in total. The normalized spacial score (nSPS) is 12.4. The minimum atomic E-state index is 0.118. The molecular formula is C12H15ClN4S. The van der Waals surface area contributed by atoms with Crippen LogP contribution in [0.5, 0.6) is 0 Å². The van der Waals surface area contributed by atoms with E-state index in [0.717, 1.165) is 10.7 Å². The van der Waals surface area contributed by atoms with Crippen molar-refractivity contribution >= 4 is 34.4 Å². The third-order valence-corrected chi connectivity index (χ3v) is 4.03. The highest BCUT2D eigenvalue weighted by Crippen LogP contribution is 2.29. The van der Waals surface area contributed by atoms with Gasteiger partial charge in [0.2, 0.25) is 0 Å². The Balaban J connectivity index is 2.21. The van der Waals surface area contributed by atoms with Gasteiger partial charge >= 0.3 is 0 Å². The number of hydrogen-bond donors (Lipinski definition) is 2. The molecule has 0 spiro atoms. The van der Waals surface area contributed by atoms with Crippen molar-refractivity contribution in [1.82, 2.24) is 9.97 Å². The molecule has 2 aromatic rings. The van der Waals surface area contributed by atoms with E-state index in [1.165, 1.54) is 4.88 Å². The van der Waals surface area contributed by atoms with Gasteiger partial charge < -0.3 is 11.1 Å². The van der Waals surface area contributed by atoms with E-state index in [9.17, 15) is 0 Å². The lowest BCUT2D eigenvalue weighted by atomic mass is 10.2. The minimum absolute atomic E-state index is 0.118. The molecule has 0 bridgehead atoms. The lowest BCUT2D eigenvalue weighted by Gasteiger charge is -2.15. The van der Waals surface area contributed by atoms with Gasteiger partial charge in [0.15, 0.2) is 0 Å². The fraction of sp³-hybridized carbons (Fsp3) is 0.333. The van der Waals surface area contributed by atoms with E-state index in [2.05, 4.69) is 22.2 Å². The van der Waals surface area contributed by atoms with Crippen LogP contribution in [0.25, 0.3) is 0 Å². The van der Waals surface area contributed by atoms with Crippen molar-refractivity contribution in [2.75, 3.05) is 11.1 Å². The van der Waals surface area contributed by atoms with Gasteiger partial charge in [-0.15, -0.1) is 11.3 Å². The molecule has 0 aliphatic rings. The van der Waals surface area contributed by atoms with Gasteiger partial charge in [0.05, 0.1) is 27.5 Å². The molecule has 1 atom stereocenters. The van der Waals surface area contributed by atoms with Crippen molar-refractivity contribution in [3.8, 4) is 0 Å². The summed E-state index contributed by atoms with van der Waals surface area (Å²) < 4.78 is 0. The Morgan fingerprint density at radius 3 is 2.72 bits per heavy atom. The maximum atomic E-state index is 5.87. The highest BCUT2D eigenvalue weighted by atomic mass is 35.5. The molecule has 0 radical (unpaired) electrons. The number of pyridine rings is 1. The SMILES string of the molecule is Cc1nc(C)c(C(C)Nc2ncc(Cl)cc2N)s1. The largest absolute Gasteiger partial charge is 0.396 e. The van der Waals surface area contributed by atoms with Crippen LogP contribution in [0.4, 0.5) is 11.5 Å². The monoisotopic (exact) mass is 282 g/mol. The lowest BCUT2D eigenvalue weighted by molar-refractivity contribution is 0.881. The first-order valence-corrected chi connectivity index (χ1v) is 6.78. The maximum Gasteiger partial charge on any atom is 0.149 e. The summed E-state index contributed by atoms with van der Waals surface area (Å²) in [5.74, 6) is 0.650. The van der Waals surface area contributed by atoms with Crippen LogP contribution in [0.2, 0.25) is 5.02 Å². The van der Waals surface area contributed by atoms with Crippen molar-refractivity contribution in [3.05, 3.63) is 32.9 Å². The number of anilines is 2. The Kier molecular flexibility index (Phi) is 3.73. The van der Waals surface area contributed by atoms with Gasteiger partial charge in [0.1, 0.15) is 5.82 Å². The average Bonchev–Trinajstić information content (AvgIpc) is 2.62. The Hall–Kier alpha value is -1.33. The zero-order valence-electron chi connectivity index (χ0n) is 10.5. The second kappa shape index (κ2) is 5.12.